The Morgan fingerprint density at radius 1 is 1.63 bits per heavy atom. The Kier molecular flexibility index (Phi) is 4.21. The largest absolute Gasteiger partial charge is 0.496 e. The molecule has 0 saturated heterocycles. The summed E-state index contributed by atoms with van der Waals surface area (Å²) in [5.41, 5.74) is 0.329. The Morgan fingerprint density at radius 2 is 2.37 bits per heavy atom. The summed E-state index contributed by atoms with van der Waals surface area (Å²) in [7, 11) is 8.10. The van der Waals surface area contributed by atoms with Gasteiger partial charge in [0.25, 0.3) is 0 Å². The molecule has 1 aromatic rings. The van der Waals surface area contributed by atoms with Gasteiger partial charge >= 0.3 is 5.97 Å². The number of carboxylic acid groups (broad SMARTS) is 1. The van der Waals surface area contributed by atoms with Crippen LogP contribution in [0.15, 0.2) is 17.0 Å². The molecule has 1 heterocycles. The first-order chi connectivity index (χ1) is 9.06. The summed E-state index contributed by atoms with van der Waals surface area (Å²) in [6, 6.07) is 3.31. The van der Waals surface area contributed by atoms with Crippen LogP contribution in [-0.2, 0) is 4.79 Å². The molecular formula is C12H11ClO5S. The van der Waals surface area contributed by atoms with Gasteiger partial charge in [0.2, 0.25) is 0 Å². The predicted octanol–water partition coefficient (Wildman–Crippen LogP) is 2.75. The number of methoxy groups -OCH3 is 1. The molecule has 0 saturated carbocycles. The van der Waals surface area contributed by atoms with Crippen molar-refractivity contribution in [1.29, 1.82) is 0 Å². The highest BCUT2D eigenvalue weighted by Crippen LogP contribution is 2.43. The van der Waals surface area contributed by atoms with E-state index in [0.29, 0.717) is 22.0 Å². The van der Waals surface area contributed by atoms with E-state index < -0.39 is 12.1 Å². The standard InChI is InChI=1S/C12H11ClO5S/c1-17-8-2-3-9(19-13)12-11(8)7(14)4-6(18-12)5-10(15)16/h2-3,6H,4-5H2,1H3,(H,15,16). The Morgan fingerprint density at radius 3 is 2.95 bits per heavy atom. The van der Waals surface area contributed by atoms with E-state index in [1.54, 1.807) is 12.1 Å². The van der Waals surface area contributed by atoms with Crippen LogP contribution >= 0.6 is 21.7 Å². The van der Waals surface area contributed by atoms with Crippen molar-refractivity contribution < 1.29 is 24.2 Å². The second-order valence-electron chi connectivity index (χ2n) is 4.01. The van der Waals surface area contributed by atoms with Crippen molar-refractivity contribution in [2.75, 3.05) is 7.11 Å². The lowest BCUT2D eigenvalue weighted by Crippen LogP contribution is -2.29. The molecule has 1 aliphatic rings. The quantitative estimate of drug-likeness (QED) is 0.922. The summed E-state index contributed by atoms with van der Waals surface area (Å²) >= 11 is 0. The first kappa shape index (κ1) is 14.0. The maximum atomic E-state index is 12.1. The number of rotatable bonds is 4. The van der Waals surface area contributed by atoms with Gasteiger partial charge < -0.3 is 14.6 Å². The number of benzene rings is 1. The number of ether oxygens (including phenoxy) is 2. The van der Waals surface area contributed by atoms with Crippen LogP contribution in [0.3, 0.4) is 0 Å². The van der Waals surface area contributed by atoms with Gasteiger partial charge in [-0.15, -0.1) is 0 Å². The average molecular weight is 303 g/mol. The minimum absolute atomic E-state index is 0.0199. The molecule has 7 heteroatoms. The highest BCUT2D eigenvalue weighted by atomic mass is 35.7. The first-order valence-electron chi connectivity index (χ1n) is 5.48. The third kappa shape index (κ3) is 2.79. The number of aliphatic carboxylic acids is 1. The summed E-state index contributed by atoms with van der Waals surface area (Å²) in [6.45, 7) is 0. The molecule has 1 N–H and O–H groups in total. The van der Waals surface area contributed by atoms with Crippen molar-refractivity contribution in [3.05, 3.63) is 17.7 Å². The number of hydrogen-bond acceptors (Lipinski definition) is 5. The SMILES string of the molecule is COc1ccc(SCl)c2c1C(=O)CC(CC(=O)O)O2. The zero-order valence-electron chi connectivity index (χ0n) is 10.0. The van der Waals surface area contributed by atoms with Crippen LogP contribution in [0.25, 0.3) is 0 Å². The smallest absolute Gasteiger partial charge is 0.307 e. The van der Waals surface area contributed by atoms with Crippen molar-refractivity contribution in [2.45, 2.75) is 23.8 Å². The van der Waals surface area contributed by atoms with Crippen molar-refractivity contribution in [3.8, 4) is 11.5 Å². The Labute approximate surface area is 118 Å². The summed E-state index contributed by atoms with van der Waals surface area (Å²) in [5, 5.41) is 8.78. The number of halogens is 1. The number of hydrogen-bond donors (Lipinski definition) is 1. The molecule has 1 atom stereocenters. The minimum atomic E-state index is -1.01. The molecule has 0 amide bonds. The molecule has 19 heavy (non-hydrogen) atoms. The van der Waals surface area contributed by atoms with E-state index in [2.05, 4.69) is 0 Å². The first-order valence-corrected chi connectivity index (χ1v) is 7.12. The average Bonchev–Trinajstić information content (AvgIpc) is 2.36. The fourth-order valence-corrected chi connectivity index (χ4v) is 2.69. The van der Waals surface area contributed by atoms with E-state index in [0.717, 1.165) is 11.0 Å². The van der Waals surface area contributed by atoms with Crippen LogP contribution in [0.2, 0.25) is 0 Å². The van der Waals surface area contributed by atoms with Gasteiger partial charge in [0, 0.05) is 6.42 Å². The van der Waals surface area contributed by atoms with E-state index >= 15 is 0 Å². The van der Waals surface area contributed by atoms with Crippen LogP contribution in [-0.4, -0.2) is 30.1 Å². The van der Waals surface area contributed by atoms with Crippen molar-refractivity contribution in [3.63, 3.8) is 0 Å². The third-order valence-corrected chi connectivity index (χ3v) is 3.75. The summed E-state index contributed by atoms with van der Waals surface area (Å²) in [6.07, 6.45) is -0.881. The lowest BCUT2D eigenvalue weighted by Gasteiger charge is -2.26. The van der Waals surface area contributed by atoms with Gasteiger partial charge in [0.15, 0.2) is 5.78 Å². The number of fused-ring (bicyclic) bond motifs is 1. The zero-order chi connectivity index (χ0) is 14.0. The van der Waals surface area contributed by atoms with Crippen LogP contribution in [0.4, 0.5) is 0 Å². The molecule has 0 radical (unpaired) electrons. The summed E-state index contributed by atoms with van der Waals surface area (Å²) < 4.78 is 10.7. The van der Waals surface area contributed by atoms with Crippen LogP contribution in [0, 0.1) is 0 Å². The third-order valence-electron chi connectivity index (χ3n) is 2.77. The second kappa shape index (κ2) is 5.71. The van der Waals surface area contributed by atoms with Crippen molar-refractivity contribution in [2.24, 2.45) is 0 Å². The van der Waals surface area contributed by atoms with E-state index in [9.17, 15) is 9.59 Å². The number of Topliss-reactive ketones (excluding diaryl/α,β-unsaturated/α-hetero) is 1. The molecule has 1 unspecified atom stereocenters. The Balaban J connectivity index is 2.44. The van der Waals surface area contributed by atoms with Crippen LogP contribution in [0.5, 0.6) is 11.5 Å². The second-order valence-corrected chi connectivity index (χ2v) is 5.07. The molecule has 5 nitrogen and oxygen atoms in total. The van der Waals surface area contributed by atoms with Crippen molar-refractivity contribution >= 4 is 33.4 Å². The van der Waals surface area contributed by atoms with Gasteiger partial charge in [0.05, 0.1) is 18.4 Å². The zero-order valence-corrected chi connectivity index (χ0v) is 11.6. The normalized spacial score (nSPS) is 17.6. The molecule has 0 bridgehead atoms. The lowest BCUT2D eigenvalue weighted by atomic mass is 9.98. The lowest BCUT2D eigenvalue weighted by molar-refractivity contribution is -0.138. The van der Waals surface area contributed by atoms with Crippen molar-refractivity contribution in [1.82, 2.24) is 0 Å². The van der Waals surface area contributed by atoms with Gasteiger partial charge in [-0.05, 0) is 33.8 Å². The maximum Gasteiger partial charge on any atom is 0.307 e. The molecule has 0 spiro atoms. The summed E-state index contributed by atoms with van der Waals surface area (Å²) in [5.74, 6) is -0.494. The van der Waals surface area contributed by atoms with Crippen LogP contribution < -0.4 is 9.47 Å². The fourth-order valence-electron chi connectivity index (χ4n) is 1.98. The molecule has 2 rings (SSSR count). The molecule has 1 aromatic carbocycles. The number of carbonyl (C=O) groups is 2. The van der Waals surface area contributed by atoms with Gasteiger partial charge in [-0.3, -0.25) is 9.59 Å². The Bertz CT molecular complexity index is 531. The molecule has 0 aromatic heterocycles. The predicted molar refractivity (Wildman–Crippen MR) is 70.3 cm³/mol. The van der Waals surface area contributed by atoms with Gasteiger partial charge in [-0.25, -0.2) is 0 Å². The molecule has 102 valence electrons. The molecule has 1 aliphatic heterocycles. The van der Waals surface area contributed by atoms with Crippen LogP contribution in [0.1, 0.15) is 23.2 Å². The van der Waals surface area contributed by atoms with E-state index in [4.69, 9.17) is 25.3 Å². The molecular weight excluding hydrogens is 292 g/mol. The maximum absolute atomic E-state index is 12.1. The van der Waals surface area contributed by atoms with E-state index in [1.165, 1.54) is 7.11 Å². The Hall–Kier alpha value is -1.40. The number of carbonyl (C=O) groups excluding carboxylic acids is 1. The topological polar surface area (TPSA) is 72.8 Å². The fraction of sp³-hybridized carbons (Fsp3) is 0.333. The minimum Gasteiger partial charge on any atom is -0.496 e. The monoisotopic (exact) mass is 302 g/mol. The van der Waals surface area contributed by atoms with E-state index in [1.807, 2.05) is 0 Å². The van der Waals surface area contributed by atoms with E-state index in [-0.39, 0.29) is 18.6 Å². The highest BCUT2D eigenvalue weighted by Gasteiger charge is 2.32. The van der Waals surface area contributed by atoms with Gasteiger partial charge in [-0.2, -0.15) is 0 Å². The number of ketones is 1. The number of carboxylic acids is 1. The highest BCUT2D eigenvalue weighted by molar-refractivity contribution is 8.21. The van der Waals surface area contributed by atoms with Gasteiger partial charge in [0.1, 0.15) is 23.2 Å². The summed E-state index contributed by atoms with van der Waals surface area (Å²) in [4.78, 5) is 23.4. The molecule has 0 aliphatic carbocycles. The van der Waals surface area contributed by atoms with Gasteiger partial charge in [-0.1, -0.05) is 0 Å². The molecule has 0 fully saturated rings.